The van der Waals surface area contributed by atoms with Crippen LogP contribution in [0.4, 0.5) is 5.82 Å². The molecule has 0 fully saturated rings. The van der Waals surface area contributed by atoms with Crippen LogP contribution >= 0.6 is 0 Å². The van der Waals surface area contributed by atoms with Gasteiger partial charge in [-0.05, 0) is 47.9 Å². The SMILES string of the molecule is COc1cccc(-c2cc(-c3cccnc3)cc(NCCc3c[nH]c4ccccc34)n2)n1. The van der Waals surface area contributed by atoms with Gasteiger partial charge in [-0.25, -0.2) is 9.97 Å². The van der Waals surface area contributed by atoms with Crippen LogP contribution in [0, 0.1) is 0 Å². The normalized spacial score (nSPS) is 10.9. The van der Waals surface area contributed by atoms with Gasteiger partial charge in [0.1, 0.15) is 5.82 Å². The average Bonchev–Trinajstić information content (AvgIpc) is 3.27. The van der Waals surface area contributed by atoms with Crippen LogP contribution < -0.4 is 10.1 Å². The second-order valence-electron chi connectivity index (χ2n) is 7.47. The average molecular weight is 422 g/mol. The third-order valence-electron chi connectivity index (χ3n) is 5.39. The molecule has 0 saturated carbocycles. The fraction of sp³-hybridized carbons (Fsp3) is 0.115. The smallest absolute Gasteiger partial charge is 0.213 e. The number of rotatable bonds is 7. The van der Waals surface area contributed by atoms with Gasteiger partial charge in [0, 0.05) is 47.7 Å². The fourth-order valence-corrected chi connectivity index (χ4v) is 3.79. The van der Waals surface area contributed by atoms with E-state index < -0.39 is 0 Å². The number of benzene rings is 1. The molecule has 5 rings (SSSR count). The Bertz CT molecular complexity index is 1350. The Morgan fingerprint density at radius 2 is 1.84 bits per heavy atom. The zero-order valence-corrected chi connectivity index (χ0v) is 17.7. The highest BCUT2D eigenvalue weighted by Crippen LogP contribution is 2.27. The lowest BCUT2D eigenvalue weighted by molar-refractivity contribution is 0.398. The summed E-state index contributed by atoms with van der Waals surface area (Å²) in [6.45, 7) is 0.760. The van der Waals surface area contributed by atoms with Gasteiger partial charge in [0.05, 0.1) is 18.5 Å². The van der Waals surface area contributed by atoms with Gasteiger partial charge >= 0.3 is 0 Å². The minimum Gasteiger partial charge on any atom is -0.481 e. The maximum absolute atomic E-state index is 5.30. The number of hydrogen-bond donors (Lipinski definition) is 2. The van der Waals surface area contributed by atoms with Gasteiger partial charge in [-0.15, -0.1) is 0 Å². The summed E-state index contributed by atoms with van der Waals surface area (Å²) in [4.78, 5) is 17.0. The van der Waals surface area contributed by atoms with Crippen LogP contribution in [0.3, 0.4) is 0 Å². The van der Waals surface area contributed by atoms with Crippen molar-refractivity contribution in [2.45, 2.75) is 6.42 Å². The molecular formula is C26H23N5O. The Balaban J connectivity index is 1.44. The van der Waals surface area contributed by atoms with Gasteiger partial charge in [0.15, 0.2) is 0 Å². The van der Waals surface area contributed by atoms with Crippen molar-refractivity contribution in [1.82, 2.24) is 19.9 Å². The molecule has 6 nitrogen and oxygen atoms in total. The molecule has 0 aliphatic carbocycles. The molecule has 32 heavy (non-hydrogen) atoms. The van der Waals surface area contributed by atoms with E-state index in [-0.39, 0.29) is 0 Å². The van der Waals surface area contributed by atoms with Gasteiger partial charge in [-0.2, -0.15) is 0 Å². The summed E-state index contributed by atoms with van der Waals surface area (Å²) >= 11 is 0. The summed E-state index contributed by atoms with van der Waals surface area (Å²) in [5, 5.41) is 4.75. The lowest BCUT2D eigenvalue weighted by Gasteiger charge is -2.11. The van der Waals surface area contributed by atoms with E-state index in [9.17, 15) is 0 Å². The maximum Gasteiger partial charge on any atom is 0.213 e. The number of nitrogens with one attached hydrogen (secondary N) is 2. The van der Waals surface area contributed by atoms with Crippen LogP contribution in [0.15, 0.2) is 85.3 Å². The summed E-state index contributed by atoms with van der Waals surface area (Å²) in [5.41, 5.74) is 6.03. The van der Waals surface area contributed by atoms with E-state index >= 15 is 0 Å². The molecule has 5 aromatic rings. The van der Waals surface area contributed by atoms with Crippen molar-refractivity contribution < 1.29 is 4.74 Å². The van der Waals surface area contributed by atoms with Crippen molar-refractivity contribution in [3.05, 3.63) is 90.9 Å². The number of methoxy groups -OCH3 is 1. The topological polar surface area (TPSA) is 75.7 Å². The predicted octanol–water partition coefficient (Wildman–Crippen LogP) is 5.35. The molecule has 0 unspecified atom stereocenters. The van der Waals surface area contributed by atoms with Gasteiger partial charge in [-0.3, -0.25) is 4.98 Å². The molecule has 0 amide bonds. The number of anilines is 1. The molecule has 0 radical (unpaired) electrons. The Hall–Kier alpha value is -4.19. The molecule has 2 N–H and O–H groups in total. The molecule has 0 aliphatic heterocycles. The van der Waals surface area contributed by atoms with Crippen LogP contribution in [0.5, 0.6) is 5.88 Å². The number of nitrogens with zero attached hydrogens (tertiary/aromatic N) is 3. The fourth-order valence-electron chi connectivity index (χ4n) is 3.79. The second kappa shape index (κ2) is 8.89. The van der Waals surface area contributed by atoms with Crippen LogP contribution in [0.25, 0.3) is 33.4 Å². The van der Waals surface area contributed by atoms with Crippen molar-refractivity contribution in [2.75, 3.05) is 19.0 Å². The molecular weight excluding hydrogens is 398 g/mol. The second-order valence-corrected chi connectivity index (χ2v) is 7.47. The number of pyridine rings is 3. The molecule has 4 heterocycles. The van der Waals surface area contributed by atoms with E-state index in [0.29, 0.717) is 5.88 Å². The van der Waals surface area contributed by atoms with Crippen molar-refractivity contribution in [3.8, 4) is 28.4 Å². The first-order valence-electron chi connectivity index (χ1n) is 10.5. The highest BCUT2D eigenvalue weighted by Gasteiger charge is 2.10. The van der Waals surface area contributed by atoms with Gasteiger partial charge in [0.25, 0.3) is 0 Å². The first kappa shape index (κ1) is 19.8. The third-order valence-corrected chi connectivity index (χ3v) is 5.39. The standard InChI is InChI=1S/C26H23N5O/c1-32-26-10-4-9-23(31-26)24-14-20(18-6-5-12-27-16-18)15-25(30-24)28-13-11-19-17-29-22-8-3-2-7-21(19)22/h2-10,12,14-17,29H,11,13H2,1H3,(H,28,30). The zero-order chi connectivity index (χ0) is 21.8. The first-order valence-corrected chi connectivity index (χ1v) is 10.5. The molecule has 6 heteroatoms. The highest BCUT2D eigenvalue weighted by atomic mass is 16.5. The number of aromatic nitrogens is 4. The van der Waals surface area contributed by atoms with Crippen LogP contribution in [0.1, 0.15) is 5.56 Å². The third kappa shape index (κ3) is 4.16. The quantitative estimate of drug-likeness (QED) is 0.370. The van der Waals surface area contributed by atoms with Crippen molar-refractivity contribution >= 4 is 16.7 Å². The lowest BCUT2D eigenvalue weighted by Crippen LogP contribution is -2.07. The van der Waals surface area contributed by atoms with Crippen molar-refractivity contribution in [2.24, 2.45) is 0 Å². The molecule has 0 bridgehead atoms. The number of aromatic amines is 1. The Kier molecular flexibility index (Phi) is 5.49. The Morgan fingerprint density at radius 3 is 2.72 bits per heavy atom. The molecule has 4 aromatic heterocycles. The van der Waals surface area contributed by atoms with Crippen molar-refractivity contribution in [3.63, 3.8) is 0 Å². The van der Waals surface area contributed by atoms with Gasteiger partial charge < -0.3 is 15.0 Å². The monoisotopic (exact) mass is 421 g/mol. The van der Waals surface area contributed by atoms with E-state index in [1.54, 1.807) is 13.3 Å². The lowest BCUT2D eigenvalue weighted by atomic mass is 10.1. The Labute approximate surface area is 186 Å². The molecule has 0 spiro atoms. The zero-order valence-electron chi connectivity index (χ0n) is 17.7. The van der Waals surface area contributed by atoms with E-state index in [0.717, 1.165) is 46.8 Å². The largest absolute Gasteiger partial charge is 0.481 e. The summed E-state index contributed by atoms with van der Waals surface area (Å²) in [6.07, 6.45) is 6.59. The number of H-pyrrole nitrogens is 1. The number of fused-ring (bicyclic) bond motifs is 1. The minimum absolute atomic E-state index is 0.560. The molecule has 1 aromatic carbocycles. The van der Waals surface area contributed by atoms with E-state index in [1.807, 2.05) is 48.7 Å². The number of para-hydroxylation sites is 1. The molecule has 0 atom stereocenters. The number of ether oxygens (including phenoxy) is 1. The van der Waals surface area contributed by atoms with E-state index in [1.165, 1.54) is 10.9 Å². The van der Waals surface area contributed by atoms with Crippen molar-refractivity contribution in [1.29, 1.82) is 0 Å². The highest BCUT2D eigenvalue weighted by molar-refractivity contribution is 5.83. The maximum atomic E-state index is 5.30. The molecule has 0 aliphatic rings. The van der Waals surface area contributed by atoms with Crippen LogP contribution in [0.2, 0.25) is 0 Å². The molecule has 158 valence electrons. The van der Waals surface area contributed by atoms with Gasteiger partial charge in [0.2, 0.25) is 5.88 Å². The van der Waals surface area contributed by atoms with Gasteiger partial charge in [-0.1, -0.05) is 30.3 Å². The summed E-state index contributed by atoms with van der Waals surface area (Å²) < 4.78 is 5.30. The molecule has 0 saturated heterocycles. The summed E-state index contributed by atoms with van der Waals surface area (Å²) in [6, 6.07) is 22.1. The first-order chi connectivity index (χ1) is 15.8. The van der Waals surface area contributed by atoms with Crippen LogP contribution in [-0.4, -0.2) is 33.6 Å². The van der Waals surface area contributed by atoms with E-state index in [4.69, 9.17) is 9.72 Å². The summed E-state index contributed by atoms with van der Waals surface area (Å²) in [7, 11) is 1.61. The predicted molar refractivity (Wildman–Crippen MR) is 128 cm³/mol. The van der Waals surface area contributed by atoms with Crippen LogP contribution in [-0.2, 0) is 6.42 Å². The Morgan fingerprint density at radius 1 is 0.906 bits per heavy atom. The van der Waals surface area contributed by atoms with E-state index in [2.05, 4.69) is 50.7 Å². The number of hydrogen-bond acceptors (Lipinski definition) is 5. The summed E-state index contributed by atoms with van der Waals surface area (Å²) in [5.74, 6) is 1.36. The minimum atomic E-state index is 0.560.